The Morgan fingerprint density at radius 1 is 1.25 bits per heavy atom. The van der Waals surface area contributed by atoms with Crippen molar-refractivity contribution in [3.63, 3.8) is 0 Å². The Balaban J connectivity index is 1.42. The van der Waals surface area contributed by atoms with Crippen LogP contribution in [0.1, 0.15) is 41.3 Å². The lowest BCUT2D eigenvalue weighted by Gasteiger charge is -2.29. The van der Waals surface area contributed by atoms with Crippen molar-refractivity contribution in [1.82, 2.24) is 20.9 Å². The first kappa shape index (κ1) is 19.0. The Morgan fingerprint density at radius 2 is 2.11 bits per heavy atom. The number of imide groups is 1. The molecule has 1 aromatic carbocycles. The second kappa shape index (κ2) is 7.98. The standard InChI is InChI=1S/C20H26N4O4/c1-12-7-21-9-15(28-12)10-22-8-13-3-2-4-14-11-24(20(27)18(13)14)16-5-6-17(25)23-19(16)26/h2-4,12,15-16,21-22H,5-11H2,1H3,(H,23,25,26). The summed E-state index contributed by atoms with van der Waals surface area (Å²) in [6.45, 7) is 5.39. The molecule has 1 aromatic rings. The lowest BCUT2D eigenvalue weighted by molar-refractivity contribution is -0.136. The maximum Gasteiger partial charge on any atom is 0.255 e. The Hall–Kier alpha value is -2.29. The van der Waals surface area contributed by atoms with E-state index in [2.05, 4.69) is 16.0 Å². The number of carbonyl (C=O) groups excluding carboxylic acids is 3. The third kappa shape index (κ3) is 3.80. The van der Waals surface area contributed by atoms with E-state index in [9.17, 15) is 14.4 Å². The van der Waals surface area contributed by atoms with Crippen molar-refractivity contribution < 1.29 is 19.1 Å². The second-order valence-electron chi connectivity index (χ2n) is 7.71. The molecule has 8 nitrogen and oxygen atoms in total. The summed E-state index contributed by atoms with van der Waals surface area (Å²) in [6, 6.07) is 5.23. The molecule has 0 aromatic heterocycles. The molecule has 0 radical (unpaired) electrons. The molecule has 3 N–H and O–H groups in total. The quantitative estimate of drug-likeness (QED) is 0.612. The highest BCUT2D eigenvalue weighted by atomic mass is 16.5. The molecular weight excluding hydrogens is 360 g/mol. The number of amides is 3. The van der Waals surface area contributed by atoms with Crippen LogP contribution in [0.15, 0.2) is 18.2 Å². The van der Waals surface area contributed by atoms with Crippen molar-refractivity contribution in [2.24, 2.45) is 0 Å². The van der Waals surface area contributed by atoms with Crippen LogP contribution in [0.5, 0.6) is 0 Å². The number of morpholine rings is 1. The maximum atomic E-state index is 13.1. The summed E-state index contributed by atoms with van der Waals surface area (Å²) in [5.74, 6) is -0.789. The molecule has 3 unspecified atom stereocenters. The predicted molar refractivity (Wildman–Crippen MR) is 101 cm³/mol. The van der Waals surface area contributed by atoms with E-state index in [1.807, 2.05) is 25.1 Å². The summed E-state index contributed by atoms with van der Waals surface area (Å²) in [7, 11) is 0. The highest BCUT2D eigenvalue weighted by Gasteiger charge is 2.39. The smallest absolute Gasteiger partial charge is 0.255 e. The van der Waals surface area contributed by atoms with Crippen LogP contribution in [0.2, 0.25) is 0 Å². The second-order valence-corrected chi connectivity index (χ2v) is 7.71. The average molecular weight is 386 g/mol. The van der Waals surface area contributed by atoms with Gasteiger partial charge in [-0.2, -0.15) is 0 Å². The molecule has 4 rings (SSSR count). The number of rotatable bonds is 5. The van der Waals surface area contributed by atoms with Gasteiger partial charge in [0.1, 0.15) is 6.04 Å². The van der Waals surface area contributed by atoms with E-state index in [1.165, 1.54) is 0 Å². The van der Waals surface area contributed by atoms with Gasteiger partial charge in [0.25, 0.3) is 5.91 Å². The Bertz CT molecular complexity index is 796. The van der Waals surface area contributed by atoms with Gasteiger partial charge < -0.3 is 20.3 Å². The van der Waals surface area contributed by atoms with E-state index in [1.54, 1.807) is 4.90 Å². The zero-order valence-electron chi connectivity index (χ0n) is 16.0. The zero-order chi connectivity index (χ0) is 19.7. The van der Waals surface area contributed by atoms with Gasteiger partial charge in [-0.05, 0) is 24.5 Å². The molecule has 3 aliphatic rings. The van der Waals surface area contributed by atoms with E-state index in [0.717, 1.165) is 24.2 Å². The number of hydrogen-bond acceptors (Lipinski definition) is 6. The van der Waals surface area contributed by atoms with Gasteiger partial charge in [-0.3, -0.25) is 19.7 Å². The Labute approximate surface area is 164 Å². The van der Waals surface area contributed by atoms with Crippen LogP contribution in [0.3, 0.4) is 0 Å². The first-order chi connectivity index (χ1) is 13.5. The molecule has 150 valence electrons. The van der Waals surface area contributed by atoms with Crippen LogP contribution in [-0.2, 0) is 27.4 Å². The summed E-state index contributed by atoms with van der Waals surface area (Å²) in [5, 5.41) is 9.07. The van der Waals surface area contributed by atoms with Crippen molar-refractivity contribution in [3.8, 4) is 0 Å². The SMILES string of the molecule is CC1CNCC(CNCc2cccc3c2C(=O)N(C2CCC(=O)NC2=O)C3)O1. The molecule has 8 heteroatoms. The lowest BCUT2D eigenvalue weighted by Crippen LogP contribution is -2.52. The normalized spacial score (nSPS) is 27.7. The van der Waals surface area contributed by atoms with Crippen LogP contribution in [0.25, 0.3) is 0 Å². The third-order valence-corrected chi connectivity index (χ3v) is 5.55. The fraction of sp³-hybridized carbons (Fsp3) is 0.550. The maximum absolute atomic E-state index is 13.1. The van der Waals surface area contributed by atoms with Gasteiger partial charge in [0, 0.05) is 44.7 Å². The Kier molecular flexibility index (Phi) is 5.43. The predicted octanol–water partition coefficient (Wildman–Crippen LogP) is -0.0859. The average Bonchev–Trinajstić information content (AvgIpc) is 2.99. The van der Waals surface area contributed by atoms with Gasteiger partial charge in [0.15, 0.2) is 0 Å². The molecule has 3 heterocycles. The van der Waals surface area contributed by atoms with E-state index >= 15 is 0 Å². The van der Waals surface area contributed by atoms with Crippen LogP contribution in [0, 0.1) is 0 Å². The topological polar surface area (TPSA) is 99.8 Å². The van der Waals surface area contributed by atoms with Crippen molar-refractivity contribution in [2.75, 3.05) is 19.6 Å². The molecule has 0 bridgehead atoms. The van der Waals surface area contributed by atoms with E-state index < -0.39 is 6.04 Å². The number of ether oxygens (including phenoxy) is 1. The fourth-order valence-electron chi connectivity index (χ4n) is 4.20. The number of fused-ring (bicyclic) bond motifs is 1. The minimum absolute atomic E-state index is 0.108. The molecule has 0 saturated carbocycles. The molecule has 28 heavy (non-hydrogen) atoms. The number of nitrogens with zero attached hydrogens (tertiary/aromatic N) is 1. The van der Waals surface area contributed by atoms with Gasteiger partial charge in [-0.25, -0.2) is 0 Å². The molecule has 3 amide bonds. The fourth-order valence-corrected chi connectivity index (χ4v) is 4.20. The molecule has 3 atom stereocenters. The summed E-state index contributed by atoms with van der Waals surface area (Å²) in [6.07, 6.45) is 0.947. The molecule has 0 aliphatic carbocycles. The molecular formula is C20H26N4O4. The van der Waals surface area contributed by atoms with Crippen LogP contribution in [-0.4, -0.2) is 60.5 Å². The summed E-state index contributed by atoms with van der Waals surface area (Å²) in [5.41, 5.74) is 2.53. The van der Waals surface area contributed by atoms with Gasteiger partial charge in [-0.15, -0.1) is 0 Å². The van der Waals surface area contributed by atoms with E-state index in [-0.39, 0.29) is 36.4 Å². The molecule has 3 aliphatic heterocycles. The minimum Gasteiger partial charge on any atom is -0.371 e. The molecule has 2 fully saturated rings. The zero-order valence-corrected chi connectivity index (χ0v) is 16.0. The van der Waals surface area contributed by atoms with Crippen molar-refractivity contribution in [2.45, 2.75) is 51.1 Å². The minimum atomic E-state index is -0.582. The van der Waals surface area contributed by atoms with Crippen molar-refractivity contribution in [1.29, 1.82) is 0 Å². The highest BCUT2D eigenvalue weighted by molar-refractivity contribution is 6.05. The van der Waals surface area contributed by atoms with Crippen molar-refractivity contribution in [3.05, 3.63) is 34.9 Å². The lowest BCUT2D eigenvalue weighted by atomic mass is 10.0. The summed E-state index contributed by atoms with van der Waals surface area (Å²) >= 11 is 0. The molecule has 0 spiro atoms. The van der Waals surface area contributed by atoms with Gasteiger partial charge in [0.2, 0.25) is 11.8 Å². The van der Waals surface area contributed by atoms with Gasteiger partial charge in [0.05, 0.1) is 12.2 Å². The van der Waals surface area contributed by atoms with E-state index in [4.69, 9.17) is 4.74 Å². The molecule has 2 saturated heterocycles. The Morgan fingerprint density at radius 3 is 2.89 bits per heavy atom. The largest absolute Gasteiger partial charge is 0.371 e. The van der Waals surface area contributed by atoms with E-state index in [0.29, 0.717) is 31.6 Å². The first-order valence-corrected chi connectivity index (χ1v) is 9.85. The summed E-state index contributed by atoms with van der Waals surface area (Å²) in [4.78, 5) is 38.2. The highest BCUT2D eigenvalue weighted by Crippen LogP contribution is 2.29. The van der Waals surface area contributed by atoms with Crippen LogP contribution >= 0.6 is 0 Å². The first-order valence-electron chi connectivity index (χ1n) is 9.85. The number of carbonyl (C=O) groups is 3. The number of piperidine rings is 1. The van der Waals surface area contributed by atoms with Crippen LogP contribution in [0.4, 0.5) is 0 Å². The number of nitrogens with one attached hydrogen (secondary N) is 3. The number of hydrogen-bond donors (Lipinski definition) is 3. The van der Waals surface area contributed by atoms with Crippen LogP contribution < -0.4 is 16.0 Å². The third-order valence-electron chi connectivity index (χ3n) is 5.55. The van der Waals surface area contributed by atoms with Gasteiger partial charge in [-0.1, -0.05) is 18.2 Å². The number of benzene rings is 1. The monoisotopic (exact) mass is 386 g/mol. The van der Waals surface area contributed by atoms with Gasteiger partial charge >= 0.3 is 0 Å². The van der Waals surface area contributed by atoms with Crippen molar-refractivity contribution >= 4 is 17.7 Å². The summed E-state index contributed by atoms with van der Waals surface area (Å²) < 4.78 is 5.88.